The van der Waals surface area contributed by atoms with E-state index in [0.717, 1.165) is 22.6 Å². The molecule has 2 nitrogen and oxygen atoms in total. The minimum absolute atomic E-state index is 0.560. The highest BCUT2D eigenvalue weighted by atomic mass is 16.5. The number of ether oxygens (including phenoxy) is 2. The Balaban J connectivity index is 1.64. The van der Waals surface area contributed by atoms with Gasteiger partial charge in [0.25, 0.3) is 0 Å². The van der Waals surface area contributed by atoms with Crippen LogP contribution in [0.3, 0.4) is 0 Å². The van der Waals surface area contributed by atoms with Gasteiger partial charge >= 0.3 is 0 Å². The largest absolute Gasteiger partial charge is 0.489 e. The van der Waals surface area contributed by atoms with Crippen LogP contribution in [0, 0.1) is 6.92 Å². The molecule has 0 heterocycles. The molecule has 0 saturated heterocycles. The second-order valence-corrected chi connectivity index (χ2v) is 5.53. The maximum atomic E-state index is 5.82. The molecule has 0 spiro atoms. The smallest absolute Gasteiger partial charge is 0.119 e. The SMILES string of the molecule is Cc1cc(COc2ccccc2)cc(COc2ccccc2)c1. The zero-order valence-electron chi connectivity index (χ0n) is 13.2. The average Bonchev–Trinajstić information content (AvgIpc) is 2.60. The van der Waals surface area contributed by atoms with Gasteiger partial charge in [-0.3, -0.25) is 0 Å². The second-order valence-electron chi connectivity index (χ2n) is 5.53. The molecular weight excluding hydrogens is 284 g/mol. The summed E-state index contributed by atoms with van der Waals surface area (Å²) < 4.78 is 11.6. The molecule has 0 amide bonds. The highest BCUT2D eigenvalue weighted by molar-refractivity contribution is 5.30. The van der Waals surface area contributed by atoms with Crippen molar-refractivity contribution in [1.29, 1.82) is 0 Å². The summed E-state index contributed by atoms with van der Waals surface area (Å²) in [6.45, 7) is 3.21. The molecule has 0 bridgehead atoms. The van der Waals surface area contributed by atoms with Crippen LogP contribution in [0.2, 0.25) is 0 Å². The normalized spacial score (nSPS) is 10.3. The Kier molecular flexibility index (Phi) is 4.95. The van der Waals surface area contributed by atoms with E-state index in [2.05, 4.69) is 25.1 Å². The Morgan fingerprint density at radius 3 is 1.48 bits per heavy atom. The van der Waals surface area contributed by atoms with Crippen LogP contribution in [0.15, 0.2) is 78.9 Å². The summed E-state index contributed by atoms with van der Waals surface area (Å²) in [6, 6.07) is 26.2. The number of para-hydroxylation sites is 2. The third-order valence-electron chi connectivity index (χ3n) is 3.49. The lowest BCUT2D eigenvalue weighted by Crippen LogP contribution is -2.00. The van der Waals surface area contributed by atoms with Crippen LogP contribution in [0.5, 0.6) is 11.5 Å². The molecule has 3 aromatic carbocycles. The molecule has 0 aromatic heterocycles. The van der Waals surface area contributed by atoms with E-state index >= 15 is 0 Å². The molecule has 3 aromatic rings. The monoisotopic (exact) mass is 304 g/mol. The van der Waals surface area contributed by atoms with E-state index in [0.29, 0.717) is 13.2 Å². The van der Waals surface area contributed by atoms with E-state index in [1.807, 2.05) is 60.7 Å². The van der Waals surface area contributed by atoms with Crippen molar-refractivity contribution >= 4 is 0 Å². The predicted octanol–water partition coefficient (Wildman–Crippen LogP) is 5.15. The van der Waals surface area contributed by atoms with E-state index in [9.17, 15) is 0 Å². The Morgan fingerprint density at radius 2 is 1.04 bits per heavy atom. The fourth-order valence-corrected chi connectivity index (χ4v) is 2.48. The topological polar surface area (TPSA) is 18.5 Å². The molecule has 0 aliphatic rings. The van der Waals surface area contributed by atoms with E-state index in [1.165, 1.54) is 5.56 Å². The van der Waals surface area contributed by atoms with E-state index < -0.39 is 0 Å². The summed E-state index contributed by atoms with van der Waals surface area (Å²) in [6.07, 6.45) is 0. The fourth-order valence-electron chi connectivity index (χ4n) is 2.48. The van der Waals surface area contributed by atoms with Gasteiger partial charge in [-0.2, -0.15) is 0 Å². The van der Waals surface area contributed by atoms with Crippen molar-refractivity contribution in [2.45, 2.75) is 20.1 Å². The van der Waals surface area contributed by atoms with Crippen LogP contribution in [0.1, 0.15) is 16.7 Å². The van der Waals surface area contributed by atoms with Gasteiger partial charge in [-0.15, -0.1) is 0 Å². The van der Waals surface area contributed by atoms with Gasteiger partial charge in [0.1, 0.15) is 24.7 Å². The summed E-state index contributed by atoms with van der Waals surface area (Å²) >= 11 is 0. The minimum atomic E-state index is 0.560. The van der Waals surface area contributed by atoms with Gasteiger partial charge in [-0.25, -0.2) is 0 Å². The molecule has 0 fully saturated rings. The molecule has 0 radical (unpaired) electrons. The third-order valence-corrected chi connectivity index (χ3v) is 3.49. The Bertz CT molecular complexity index is 675. The van der Waals surface area contributed by atoms with Crippen molar-refractivity contribution in [3.8, 4) is 11.5 Å². The van der Waals surface area contributed by atoms with Crippen molar-refractivity contribution in [3.63, 3.8) is 0 Å². The van der Waals surface area contributed by atoms with Gasteiger partial charge in [0, 0.05) is 0 Å². The summed E-state index contributed by atoms with van der Waals surface area (Å²) in [4.78, 5) is 0. The molecule has 0 atom stereocenters. The molecule has 0 aliphatic carbocycles. The summed E-state index contributed by atoms with van der Waals surface area (Å²) in [5.41, 5.74) is 3.52. The zero-order valence-corrected chi connectivity index (χ0v) is 13.2. The molecule has 0 aliphatic heterocycles. The summed E-state index contributed by atoms with van der Waals surface area (Å²) in [5.74, 6) is 1.77. The second kappa shape index (κ2) is 7.50. The minimum Gasteiger partial charge on any atom is -0.489 e. The molecule has 3 rings (SSSR count). The van der Waals surface area contributed by atoms with Crippen molar-refractivity contribution < 1.29 is 9.47 Å². The van der Waals surface area contributed by atoms with Gasteiger partial charge < -0.3 is 9.47 Å². The molecule has 0 N–H and O–H groups in total. The third kappa shape index (κ3) is 4.62. The fraction of sp³-hybridized carbons (Fsp3) is 0.143. The van der Waals surface area contributed by atoms with E-state index in [1.54, 1.807) is 0 Å². The first-order chi connectivity index (χ1) is 11.3. The van der Waals surface area contributed by atoms with Gasteiger partial charge in [-0.1, -0.05) is 54.1 Å². The van der Waals surface area contributed by atoms with E-state index in [4.69, 9.17) is 9.47 Å². The molecule has 0 saturated carbocycles. The molecule has 2 heteroatoms. The lowest BCUT2D eigenvalue weighted by atomic mass is 10.1. The maximum absolute atomic E-state index is 5.82. The van der Waals surface area contributed by atoms with Gasteiger partial charge in [0.05, 0.1) is 0 Å². The Labute approximate surface area is 137 Å². The van der Waals surface area contributed by atoms with Gasteiger partial charge in [0.15, 0.2) is 0 Å². The van der Waals surface area contributed by atoms with Crippen LogP contribution in [0.4, 0.5) is 0 Å². The average molecular weight is 304 g/mol. The van der Waals surface area contributed by atoms with Crippen LogP contribution in [0.25, 0.3) is 0 Å². The maximum Gasteiger partial charge on any atom is 0.119 e. The molecule has 116 valence electrons. The number of hydrogen-bond acceptors (Lipinski definition) is 2. The molecular formula is C21H20O2. The van der Waals surface area contributed by atoms with Crippen LogP contribution in [-0.2, 0) is 13.2 Å². The van der Waals surface area contributed by atoms with Crippen molar-refractivity contribution in [1.82, 2.24) is 0 Å². The summed E-state index contributed by atoms with van der Waals surface area (Å²) in [5, 5.41) is 0. The molecule has 0 unspecified atom stereocenters. The standard InChI is InChI=1S/C21H20O2/c1-17-12-18(15-22-20-8-4-2-5-9-20)14-19(13-17)16-23-21-10-6-3-7-11-21/h2-14H,15-16H2,1H3. The highest BCUT2D eigenvalue weighted by Crippen LogP contribution is 2.17. The summed E-state index contributed by atoms with van der Waals surface area (Å²) in [7, 11) is 0. The number of hydrogen-bond donors (Lipinski definition) is 0. The predicted molar refractivity (Wildman–Crippen MR) is 92.7 cm³/mol. The van der Waals surface area contributed by atoms with Gasteiger partial charge in [-0.05, 0) is 48.4 Å². The van der Waals surface area contributed by atoms with Crippen molar-refractivity contribution in [3.05, 3.63) is 95.6 Å². The molecule has 23 heavy (non-hydrogen) atoms. The number of rotatable bonds is 6. The first-order valence-electron chi connectivity index (χ1n) is 7.75. The van der Waals surface area contributed by atoms with E-state index in [-0.39, 0.29) is 0 Å². The number of benzene rings is 3. The van der Waals surface area contributed by atoms with Crippen LogP contribution < -0.4 is 9.47 Å². The quantitative estimate of drug-likeness (QED) is 0.627. The first-order valence-corrected chi connectivity index (χ1v) is 7.75. The lowest BCUT2D eigenvalue weighted by Gasteiger charge is -2.11. The first kappa shape index (κ1) is 15.2. The Morgan fingerprint density at radius 1 is 0.609 bits per heavy atom. The highest BCUT2D eigenvalue weighted by Gasteiger charge is 2.02. The van der Waals surface area contributed by atoms with Crippen LogP contribution in [-0.4, -0.2) is 0 Å². The van der Waals surface area contributed by atoms with Crippen molar-refractivity contribution in [2.24, 2.45) is 0 Å². The lowest BCUT2D eigenvalue weighted by molar-refractivity contribution is 0.299. The Hall–Kier alpha value is -2.74. The van der Waals surface area contributed by atoms with Crippen molar-refractivity contribution in [2.75, 3.05) is 0 Å². The van der Waals surface area contributed by atoms with Gasteiger partial charge in [0.2, 0.25) is 0 Å². The zero-order chi connectivity index (χ0) is 15.9. The van der Waals surface area contributed by atoms with Crippen LogP contribution >= 0.6 is 0 Å². The number of aryl methyl sites for hydroxylation is 1.